The zero-order valence-electron chi connectivity index (χ0n) is 14.9. The van der Waals surface area contributed by atoms with E-state index in [2.05, 4.69) is 5.32 Å². The Morgan fingerprint density at radius 2 is 1.63 bits per heavy atom. The number of para-hydroxylation sites is 2. The van der Waals surface area contributed by atoms with Crippen LogP contribution in [0.1, 0.15) is 16.7 Å². The molecular formula is C23H21NO3. The van der Waals surface area contributed by atoms with Crippen molar-refractivity contribution in [3.63, 3.8) is 0 Å². The number of amides is 1. The molecular weight excluding hydrogens is 338 g/mol. The highest BCUT2D eigenvalue weighted by molar-refractivity contribution is 5.82. The first kappa shape index (κ1) is 17.2. The Labute approximate surface area is 158 Å². The third-order valence-corrected chi connectivity index (χ3v) is 4.65. The quantitative estimate of drug-likeness (QED) is 0.726. The Hall–Kier alpha value is -3.27. The van der Waals surface area contributed by atoms with Gasteiger partial charge < -0.3 is 14.8 Å². The Bertz CT molecular complexity index is 899. The maximum atomic E-state index is 12.5. The maximum absolute atomic E-state index is 12.5. The maximum Gasteiger partial charge on any atom is 0.261 e. The Balaban J connectivity index is 1.35. The second-order valence-corrected chi connectivity index (χ2v) is 6.51. The largest absolute Gasteiger partial charge is 0.489 e. The van der Waals surface area contributed by atoms with E-state index in [1.54, 1.807) is 0 Å². The van der Waals surface area contributed by atoms with E-state index in [0.717, 1.165) is 28.2 Å². The van der Waals surface area contributed by atoms with Gasteiger partial charge in [0, 0.05) is 13.0 Å². The summed E-state index contributed by atoms with van der Waals surface area (Å²) in [5, 5.41) is 2.99. The minimum atomic E-state index is -0.463. The highest BCUT2D eigenvalue weighted by atomic mass is 16.5. The first-order valence-electron chi connectivity index (χ1n) is 9.06. The third kappa shape index (κ3) is 4.11. The summed E-state index contributed by atoms with van der Waals surface area (Å²) in [5.41, 5.74) is 3.17. The summed E-state index contributed by atoms with van der Waals surface area (Å²) in [6.07, 6.45) is 0.149. The molecule has 0 unspecified atom stereocenters. The molecule has 1 aliphatic heterocycles. The number of carbonyl (C=O) groups is 1. The second-order valence-electron chi connectivity index (χ2n) is 6.51. The van der Waals surface area contributed by atoms with Gasteiger partial charge in [-0.2, -0.15) is 0 Å². The van der Waals surface area contributed by atoms with Crippen LogP contribution in [0.25, 0.3) is 0 Å². The molecule has 3 aromatic rings. The number of fused-ring (bicyclic) bond motifs is 1. The monoisotopic (exact) mass is 359 g/mol. The summed E-state index contributed by atoms with van der Waals surface area (Å²) in [6, 6.07) is 25.5. The fourth-order valence-electron chi connectivity index (χ4n) is 3.17. The lowest BCUT2D eigenvalue weighted by atomic mass is 10.1. The van der Waals surface area contributed by atoms with Crippen molar-refractivity contribution in [2.75, 3.05) is 0 Å². The second kappa shape index (κ2) is 7.96. The molecule has 136 valence electrons. The van der Waals surface area contributed by atoms with E-state index >= 15 is 0 Å². The summed E-state index contributed by atoms with van der Waals surface area (Å²) in [7, 11) is 0. The van der Waals surface area contributed by atoms with Crippen LogP contribution in [0.4, 0.5) is 0 Å². The average Bonchev–Trinajstić information content (AvgIpc) is 3.16. The van der Waals surface area contributed by atoms with Crippen molar-refractivity contribution < 1.29 is 14.3 Å². The van der Waals surface area contributed by atoms with Gasteiger partial charge in [-0.15, -0.1) is 0 Å². The minimum absolute atomic E-state index is 0.0926. The SMILES string of the molecule is O=C(NCc1ccccc1COc1ccccc1)[C@H]1Cc2ccccc2O1. The lowest BCUT2D eigenvalue weighted by molar-refractivity contribution is -0.127. The lowest BCUT2D eigenvalue weighted by Gasteiger charge is -2.14. The predicted molar refractivity (Wildman–Crippen MR) is 104 cm³/mol. The van der Waals surface area contributed by atoms with Crippen molar-refractivity contribution >= 4 is 5.91 Å². The Morgan fingerprint density at radius 1 is 0.926 bits per heavy atom. The molecule has 0 aromatic heterocycles. The average molecular weight is 359 g/mol. The number of nitrogens with one attached hydrogen (secondary N) is 1. The van der Waals surface area contributed by atoms with Gasteiger partial charge in [-0.05, 0) is 34.9 Å². The molecule has 0 bridgehead atoms. The van der Waals surface area contributed by atoms with Crippen molar-refractivity contribution in [3.8, 4) is 11.5 Å². The van der Waals surface area contributed by atoms with E-state index in [0.29, 0.717) is 19.6 Å². The van der Waals surface area contributed by atoms with Crippen LogP contribution in [0.2, 0.25) is 0 Å². The molecule has 1 aliphatic rings. The summed E-state index contributed by atoms with van der Waals surface area (Å²) in [6.45, 7) is 0.908. The van der Waals surface area contributed by atoms with Gasteiger partial charge in [0.25, 0.3) is 5.91 Å². The van der Waals surface area contributed by atoms with Crippen LogP contribution in [-0.4, -0.2) is 12.0 Å². The van der Waals surface area contributed by atoms with Crippen LogP contribution < -0.4 is 14.8 Å². The molecule has 27 heavy (non-hydrogen) atoms. The molecule has 1 amide bonds. The van der Waals surface area contributed by atoms with Crippen molar-refractivity contribution in [2.24, 2.45) is 0 Å². The van der Waals surface area contributed by atoms with E-state index in [9.17, 15) is 4.79 Å². The van der Waals surface area contributed by atoms with Crippen LogP contribution in [0.3, 0.4) is 0 Å². The first-order valence-corrected chi connectivity index (χ1v) is 9.06. The van der Waals surface area contributed by atoms with Gasteiger partial charge in [0.1, 0.15) is 18.1 Å². The van der Waals surface area contributed by atoms with E-state index in [-0.39, 0.29) is 5.91 Å². The van der Waals surface area contributed by atoms with E-state index in [4.69, 9.17) is 9.47 Å². The number of hydrogen-bond acceptors (Lipinski definition) is 3. The van der Waals surface area contributed by atoms with Gasteiger partial charge in [0.15, 0.2) is 6.10 Å². The zero-order chi connectivity index (χ0) is 18.5. The van der Waals surface area contributed by atoms with Crippen LogP contribution in [0.5, 0.6) is 11.5 Å². The van der Waals surface area contributed by atoms with E-state index in [1.807, 2.05) is 78.9 Å². The normalized spacial score (nSPS) is 14.9. The standard InChI is InChI=1S/C23H21NO3/c25-23(22-14-17-8-6-7-13-21(17)27-22)24-15-18-9-4-5-10-19(18)16-26-20-11-2-1-3-12-20/h1-13,22H,14-16H2,(H,24,25)/t22-/m1/s1. The van der Waals surface area contributed by atoms with Gasteiger partial charge in [-0.3, -0.25) is 4.79 Å². The van der Waals surface area contributed by atoms with Crippen molar-refractivity contribution in [1.29, 1.82) is 0 Å². The molecule has 0 radical (unpaired) electrons. The van der Waals surface area contributed by atoms with Crippen LogP contribution >= 0.6 is 0 Å². The van der Waals surface area contributed by atoms with Crippen molar-refractivity contribution in [1.82, 2.24) is 5.32 Å². The number of ether oxygens (including phenoxy) is 2. The fraction of sp³-hybridized carbons (Fsp3) is 0.174. The van der Waals surface area contributed by atoms with Crippen LogP contribution in [0.15, 0.2) is 78.9 Å². The van der Waals surface area contributed by atoms with Crippen LogP contribution in [0, 0.1) is 0 Å². The number of rotatable bonds is 6. The van der Waals surface area contributed by atoms with E-state index in [1.165, 1.54) is 0 Å². The molecule has 0 saturated heterocycles. The molecule has 4 nitrogen and oxygen atoms in total. The minimum Gasteiger partial charge on any atom is -0.489 e. The molecule has 3 aromatic carbocycles. The molecule has 0 saturated carbocycles. The summed E-state index contributed by atoms with van der Waals surface area (Å²) < 4.78 is 11.6. The van der Waals surface area contributed by atoms with Gasteiger partial charge in [-0.1, -0.05) is 60.7 Å². The summed E-state index contributed by atoms with van der Waals surface area (Å²) >= 11 is 0. The molecule has 0 aliphatic carbocycles. The number of hydrogen-bond donors (Lipinski definition) is 1. The zero-order valence-corrected chi connectivity index (χ0v) is 14.9. The lowest BCUT2D eigenvalue weighted by Crippen LogP contribution is -2.37. The summed E-state index contributed by atoms with van der Waals surface area (Å²) in [4.78, 5) is 12.5. The fourth-order valence-corrected chi connectivity index (χ4v) is 3.17. The van der Waals surface area contributed by atoms with Gasteiger partial charge in [0.2, 0.25) is 0 Å². The van der Waals surface area contributed by atoms with Gasteiger partial charge in [0.05, 0.1) is 0 Å². The molecule has 4 heteroatoms. The topological polar surface area (TPSA) is 47.6 Å². The third-order valence-electron chi connectivity index (χ3n) is 4.65. The van der Waals surface area contributed by atoms with Crippen LogP contribution in [-0.2, 0) is 24.4 Å². The summed E-state index contributed by atoms with van der Waals surface area (Å²) in [5.74, 6) is 1.53. The highest BCUT2D eigenvalue weighted by Crippen LogP contribution is 2.28. The van der Waals surface area contributed by atoms with Gasteiger partial charge in [-0.25, -0.2) is 0 Å². The predicted octanol–water partition coefficient (Wildman–Crippen LogP) is 3.89. The van der Waals surface area contributed by atoms with Crippen molar-refractivity contribution in [2.45, 2.75) is 25.7 Å². The smallest absolute Gasteiger partial charge is 0.261 e. The van der Waals surface area contributed by atoms with Gasteiger partial charge >= 0.3 is 0 Å². The molecule has 0 fully saturated rings. The first-order chi connectivity index (χ1) is 13.3. The highest BCUT2D eigenvalue weighted by Gasteiger charge is 2.28. The Kier molecular flexibility index (Phi) is 5.06. The number of carbonyl (C=O) groups excluding carboxylic acids is 1. The molecule has 4 rings (SSSR count). The molecule has 0 spiro atoms. The number of benzene rings is 3. The molecule has 1 atom stereocenters. The Morgan fingerprint density at radius 3 is 2.44 bits per heavy atom. The van der Waals surface area contributed by atoms with E-state index < -0.39 is 6.10 Å². The van der Waals surface area contributed by atoms with Crippen molar-refractivity contribution in [3.05, 3.63) is 95.6 Å². The molecule has 1 N–H and O–H groups in total. The molecule has 1 heterocycles.